The van der Waals surface area contributed by atoms with E-state index in [9.17, 15) is 44.1 Å². The Morgan fingerprint density at radius 3 is 1.94 bits per heavy atom. The molecule has 5 aromatic heterocycles. The summed E-state index contributed by atoms with van der Waals surface area (Å²) in [5, 5.41) is 38.3. The zero-order valence-corrected chi connectivity index (χ0v) is 45.2. The molecule has 7 heterocycles. The van der Waals surface area contributed by atoms with Gasteiger partial charge in [-0.15, -0.1) is 0 Å². The fourth-order valence-corrected chi connectivity index (χ4v) is 10.2. The van der Waals surface area contributed by atoms with E-state index in [1.54, 1.807) is 59.7 Å². The van der Waals surface area contributed by atoms with Crippen molar-refractivity contribution in [3.8, 4) is 23.0 Å². The number of hydrogen-bond donors (Lipinski definition) is 8. The molecular weight excluding hydrogens is 1110 g/mol. The third-order valence-electron chi connectivity index (χ3n) is 13.5. The lowest BCUT2D eigenvalue weighted by molar-refractivity contribution is -0.305. The molecule has 9 rings (SSSR count). The number of benzene rings is 2. The number of halogens is 2. The molecule has 2 saturated heterocycles. The third kappa shape index (κ3) is 10.7. The zero-order valence-electron chi connectivity index (χ0n) is 43.6. The molecule has 0 aliphatic carbocycles. The number of aromatic nitrogens is 3. The van der Waals surface area contributed by atoms with Crippen LogP contribution in [0.2, 0.25) is 0 Å². The van der Waals surface area contributed by atoms with E-state index in [1.165, 1.54) is 45.4 Å². The standard InChI is InChI=1S/C53H53BrFN5O19/c1-20-10-13-28(57-20)47(66)74-31-18-32(78-52(4,5)43(31)70-8)73-30-15-12-24-37(61)35(50(69)76-41(24)33(30)55)60-46(65)34-22(3)26(19-56-34)45(64)59-36-38(62)25-16-23(17-27(54)40(25)75-49(36)68)72-51-39(63)42(44(71-9)53(6,7)79-51)77-48(67)29-14-11-21(2)58-29/h10-17,19,31-32,39,42-44,51,56-58,61-63H,18H2,1-9H3,(H,59,64)(H,60,65)/t31?,32-,39?,42?,43-,44-,51+/m1/s1. The number of carbonyl (C=O) groups is 4. The van der Waals surface area contributed by atoms with Gasteiger partial charge in [-0.1, -0.05) is 0 Å². The second kappa shape index (κ2) is 21.3. The van der Waals surface area contributed by atoms with Crippen LogP contribution < -0.4 is 31.4 Å². The molecule has 2 fully saturated rings. The fraction of sp³-hybridized carbons (Fsp3) is 0.358. The van der Waals surface area contributed by atoms with E-state index in [2.05, 4.69) is 41.5 Å². The molecule has 2 aliphatic heterocycles. The molecule has 24 nitrogen and oxygen atoms in total. The Hall–Kier alpha value is -8.01. The Balaban J connectivity index is 0.898. The lowest BCUT2D eigenvalue weighted by Gasteiger charge is -2.47. The van der Waals surface area contributed by atoms with Crippen molar-refractivity contribution >= 4 is 73.0 Å². The highest BCUT2D eigenvalue weighted by Crippen LogP contribution is 2.42. The molecule has 418 valence electrons. The average molecular weight is 1160 g/mol. The molecule has 0 spiro atoms. The summed E-state index contributed by atoms with van der Waals surface area (Å²) in [7, 11) is 2.79. The van der Waals surface area contributed by atoms with Gasteiger partial charge < -0.3 is 87.6 Å². The first kappa shape index (κ1) is 55.7. The minimum atomic E-state index is -1.63. The van der Waals surface area contributed by atoms with E-state index in [0.29, 0.717) is 5.69 Å². The third-order valence-corrected chi connectivity index (χ3v) is 14.1. The van der Waals surface area contributed by atoms with Crippen LogP contribution in [0.15, 0.2) is 77.6 Å². The number of aliphatic hydroxyl groups is 1. The van der Waals surface area contributed by atoms with Crippen molar-refractivity contribution in [2.24, 2.45) is 0 Å². The molecule has 7 atom stereocenters. The first-order valence-electron chi connectivity index (χ1n) is 24.2. The Labute approximate surface area is 454 Å². The highest BCUT2D eigenvalue weighted by molar-refractivity contribution is 9.10. The number of aromatic hydroxyl groups is 2. The monoisotopic (exact) mass is 1160 g/mol. The van der Waals surface area contributed by atoms with E-state index in [0.717, 1.165) is 18.0 Å². The number of aryl methyl sites for hydroxylation is 2. The number of aliphatic hydroxyl groups excluding tert-OH is 1. The number of ether oxygens (including phenoxy) is 8. The van der Waals surface area contributed by atoms with E-state index < -0.39 is 129 Å². The van der Waals surface area contributed by atoms with Crippen LogP contribution in [-0.4, -0.2) is 123 Å². The first-order chi connectivity index (χ1) is 37.3. The fourth-order valence-electron chi connectivity index (χ4n) is 9.68. The summed E-state index contributed by atoms with van der Waals surface area (Å²) in [6, 6.07) is 11.4. The molecule has 2 aromatic carbocycles. The Morgan fingerprint density at radius 2 is 1.33 bits per heavy atom. The molecule has 79 heavy (non-hydrogen) atoms. The number of hydrogen-bond acceptors (Lipinski definition) is 19. The average Bonchev–Trinajstić information content (AvgIpc) is 4.25. The van der Waals surface area contributed by atoms with E-state index >= 15 is 4.39 Å². The normalized spacial score (nSPS) is 21.6. The van der Waals surface area contributed by atoms with Crippen molar-refractivity contribution in [1.29, 1.82) is 0 Å². The van der Waals surface area contributed by atoms with Gasteiger partial charge in [-0.25, -0.2) is 19.2 Å². The van der Waals surface area contributed by atoms with Gasteiger partial charge in [-0.05, 0) is 118 Å². The summed E-state index contributed by atoms with van der Waals surface area (Å²) in [6.45, 7) is 11.5. The van der Waals surface area contributed by atoms with Crippen molar-refractivity contribution in [2.75, 3.05) is 24.9 Å². The highest BCUT2D eigenvalue weighted by Gasteiger charge is 2.54. The van der Waals surface area contributed by atoms with Crippen LogP contribution in [0, 0.1) is 26.6 Å². The van der Waals surface area contributed by atoms with Crippen LogP contribution in [0.1, 0.15) is 92.9 Å². The molecule has 26 heteroatoms. The lowest BCUT2D eigenvalue weighted by atomic mass is 9.89. The summed E-state index contributed by atoms with van der Waals surface area (Å²) in [5.74, 6) is -6.90. The van der Waals surface area contributed by atoms with Crippen LogP contribution >= 0.6 is 15.9 Å². The molecular formula is C53H53BrFN5O19. The van der Waals surface area contributed by atoms with Gasteiger partial charge in [-0.2, -0.15) is 4.39 Å². The molecule has 2 aliphatic rings. The second-order valence-electron chi connectivity index (χ2n) is 19.8. The van der Waals surface area contributed by atoms with Gasteiger partial charge in [0.25, 0.3) is 11.8 Å². The highest BCUT2D eigenvalue weighted by atomic mass is 79.9. The van der Waals surface area contributed by atoms with Gasteiger partial charge in [0.15, 0.2) is 52.0 Å². The number of rotatable bonds is 14. The van der Waals surface area contributed by atoms with Crippen molar-refractivity contribution in [3.05, 3.63) is 125 Å². The number of anilines is 2. The first-order valence-corrected chi connectivity index (χ1v) is 25.0. The zero-order chi connectivity index (χ0) is 57.2. The molecule has 2 amide bonds. The minimum Gasteiger partial charge on any atom is -0.505 e. The summed E-state index contributed by atoms with van der Waals surface area (Å²) in [5.41, 5.74) is -6.10. The van der Waals surface area contributed by atoms with Crippen LogP contribution in [0.4, 0.5) is 15.8 Å². The Morgan fingerprint density at radius 1 is 0.747 bits per heavy atom. The molecule has 7 aromatic rings. The number of nitrogens with one attached hydrogen (secondary N) is 5. The van der Waals surface area contributed by atoms with Gasteiger partial charge in [-0.3, -0.25) is 9.59 Å². The molecule has 0 bridgehead atoms. The Bertz CT molecular complexity index is 3690. The molecule has 3 unspecified atom stereocenters. The summed E-state index contributed by atoms with van der Waals surface area (Å²) >= 11 is 3.30. The topological polar surface area (TPSA) is 335 Å². The predicted molar refractivity (Wildman–Crippen MR) is 278 cm³/mol. The quantitative estimate of drug-likeness (QED) is 0.0406. The molecule has 8 N–H and O–H groups in total. The maximum Gasteiger partial charge on any atom is 0.364 e. The summed E-state index contributed by atoms with van der Waals surface area (Å²) < 4.78 is 73.8. The number of aromatic amines is 3. The van der Waals surface area contributed by atoms with Crippen molar-refractivity contribution in [2.45, 2.75) is 109 Å². The van der Waals surface area contributed by atoms with Crippen molar-refractivity contribution < 1.29 is 85.6 Å². The second-order valence-corrected chi connectivity index (χ2v) is 20.7. The summed E-state index contributed by atoms with van der Waals surface area (Å²) in [4.78, 5) is 88.5. The maximum absolute atomic E-state index is 16.1. The molecule has 0 radical (unpaired) electrons. The van der Waals surface area contributed by atoms with E-state index in [-0.39, 0.29) is 61.2 Å². The van der Waals surface area contributed by atoms with Crippen LogP contribution in [0.5, 0.6) is 23.0 Å². The molecule has 0 saturated carbocycles. The SMILES string of the molecule is CO[C@@H]1C(OC(=O)c2ccc(C)[nH]2)C[C@H](Oc2ccc3c(O)c(NC(=O)c4[nH]cc(C(=O)Nc5c(O)c6cc(O[C@H]7OC(C)(C)[C@H](OC)C(OC(=O)c8ccc(C)[nH]8)C7O)cc(Br)c6oc5=O)c4C)c(=O)oc3c2F)OC1(C)C. The van der Waals surface area contributed by atoms with Gasteiger partial charge >= 0.3 is 23.2 Å². The van der Waals surface area contributed by atoms with Gasteiger partial charge in [0.05, 0.1) is 32.0 Å². The van der Waals surface area contributed by atoms with Crippen LogP contribution in [0.25, 0.3) is 21.9 Å². The van der Waals surface area contributed by atoms with E-state index in [4.69, 9.17) is 46.7 Å². The van der Waals surface area contributed by atoms with Gasteiger partial charge in [0.2, 0.25) is 18.4 Å². The van der Waals surface area contributed by atoms with Crippen molar-refractivity contribution in [3.63, 3.8) is 0 Å². The number of methoxy groups -OCH3 is 2. The smallest absolute Gasteiger partial charge is 0.364 e. The number of fused-ring (bicyclic) bond motifs is 2. The van der Waals surface area contributed by atoms with Crippen LogP contribution in [0.3, 0.4) is 0 Å². The van der Waals surface area contributed by atoms with Gasteiger partial charge in [0.1, 0.15) is 41.1 Å². The summed E-state index contributed by atoms with van der Waals surface area (Å²) in [6.07, 6.45) is -7.30. The van der Waals surface area contributed by atoms with Crippen LogP contribution in [-0.2, 0) is 28.4 Å². The Kier molecular flexibility index (Phi) is 15.0. The lowest BCUT2D eigenvalue weighted by Crippen LogP contribution is -2.65. The number of carbonyl (C=O) groups excluding carboxylic acids is 4. The minimum absolute atomic E-state index is 0.0337. The number of esters is 2. The predicted octanol–water partition coefficient (Wildman–Crippen LogP) is 6.89. The van der Waals surface area contributed by atoms with Gasteiger partial charge in [0, 0.05) is 38.2 Å². The largest absolute Gasteiger partial charge is 0.505 e. The van der Waals surface area contributed by atoms with Crippen molar-refractivity contribution in [1.82, 2.24) is 15.0 Å². The maximum atomic E-state index is 16.1. The van der Waals surface area contributed by atoms with E-state index in [1.807, 2.05) is 0 Å². The number of amides is 2. The number of H-pyrrole nitrogens is 3.